The van der Waals surface area contributed by atoms with Crippen molar-refractivity contribution in [1.29, 1.82) is 0 Å². The Balaban J connectivity index is 0.00000225. The number of halogens is 2. The van der Waals surface area contributed by atoms with Crippen molar-refractivity contribution >= 4 is 29.9 Å². The van der Waals surface area contributed by atoms with Gasteiger partial charge in [-0.2, -0.15) is 0 Å². The third-order valence-electron chi connectivity index (χ3n) is 4.45. The summed E-state index contributed by atoms with van der Waals surface area (Å²) in [5.41, 5.74) is 7.41. The van der Waals surface area contributed by atoms with Crippen LogP contribution in [0.3, 0.4) is 0 Å². The molecule has 0 aliphatic carbocycles. The predicted molar refractivity (Wildman–Crippen MR) is 109 cm³/mol. The van der Waals surface area contributed by atoms with Gasteiger partial charge >= 0.3 is 0 Å². The van der Waals surface area contributed by atoms with E-state index < -0.39 is 0 Å². The van der Waals surface area contributed by atoms with Crippen LogP contribution < -0.4 is 5.73 Å². The highest BCUT2D eigenvalue weighted by Gasteiger charge is 2.11. The lowest BCUT2D eigenvalue weighted by atomic mass is 10.2. The molecule has 2 aromatic rings. The number of hydrogen-bond acceptors (Lipinski definition) is 2. The summed E-state index contributed by atoms with van der Waals surface area (Å²) < 4.78 is 16.1. The van der Waals surface area contributed by atoms with Gasteiger partial charge in [0, 0.05) is 25.5 Å². The fraction of sp³-hybridized carbons (Fsp3) is 0.444. The first-order valence-electron chi connectivity index (χ1n) is 8.49. The van der Waals surface area contributed by atoms with Crippen LogP contribution in [0.5, 0.6) is 0 Å². The zero-order valence-corrected chi connectivity index (χ0v) is 16.8. The molecule has 3 rings (SSSR count). The van der Waals surface area contributed by atoms with Gasteiger partial charge in [-0.3, -0.25) is 0 Å². The van der Waals surface area contributed by atoms with Gasteiger partial charge in [-0.05, 0) is 37.5 Å². The van der Waals surface area contributed by atoms with Crippen LogP contribution in [0.1, 0.15) is 37.1 Å². The number of aromatic nitrogens is 2. The molecule has 0 bridgehead atoms. The first-order chi connectivity index (χ1) is 11.6. The highest BCUT2D eigenvalue weighted by atomic mass is 127. The average molecular weight is 457 g/mol. The fourth-order valence-electron chi connectivity index (χ4n) is 3.05. The Hall–Kier alpha value is -1.64. The zero-order valence-electron chi connectivity index (χ0n) is 14.5. The molecule has 2 heterocycles. The van der Waals surface area contributed by atoms with E-state index in [1.165, 1.54) is 18.9 Å². The molecule has 1 aromatic heterocycles. The number of nitrogens with two attached hydrogens (primary N) is 1. The number of aliphatic imine (C=N–C) groups is 1. The number of imidazole rings is 1. The molecule has 0 spiro atoms. The first kappa shape index (κ1) is 19.7. The molecule has 1 aromatic carbocycles. The second-order valence-corrected chi connectivity index (χ2v) is 6.21. The molecule has 7 heteroatoms. The van der Waals surface area contributed by atoms with Crippen LogP contribution >= 0.6 is 24.0 Å². The summed E-state index contributed by atoms with van der Waals surface area (Å²) in [6.07, 6.45) is 8.24. The highest BCUT2D eigenvalue weighted by molar-refractivity contribution is 14.0. The van der Waals surface area contributed by atoms with Crippen LogP contribution in [0.15, 0.2) is 35.6 Å². The van der Waals surface area contributed by atoms with Crippen LogP contribution in [0, 0.1) is 12.7 Å². The molecular weight excluding hydrogens is 432 g/mol. The van der Waals surface area contributed by atoms with Crippen molar-refractivity contribution in [3.8, 4) is 5.69 Å². The van der Waals surface area contributed by atoms with E-state index in [2.05, 4.69) is 14.9 Å². The van der Waals surface area contributed by atoms with E-state index in [9.17, 15) is 4.39 Å². The average Bonchev–Trinajstić information content (AvgIpc) is 2.84. The Morgan fingerprint density at radius 2 is 1.96 bits per heavy atom. The number of nitrogens with zero attached hydrogens (tertiary/aromatic N) is 4. The Bertz CT molecular complexity index is 720. The third-order valence-corrected chi connectivity index (χ3v) is 4.45. The van der Waals surface area contributed by atoms with E-state index in [1.54, 1.807) is 23.0 Å². The van der Waals surface area contributed by atoms with Crippen LogP contribution in [0.25, 0.3) is 5.69 Å². The summed E-state index contributed by atoms with van der Waals surface area (Å²) in [5.74, 6) is 1.04. The fourth-order valence-corrected chi connectivity index (χ4v) is 3.05. The Labute approximate surface area is 165 Å². The summed E-state index contributed by atoms with van der Waals surface area (Å²) in [6.45, 7) is 4.16. The van der Waals surface area contributed by atoms with Crippen LogP contribution in [0.2, 0.25) is 0 Å². The van der Waals surface area contributed by atoms with Gasteiger partial charge in [0.1, 0.15) is 11.6 Å². The number of hydrogen-bond donors (Lipinski definition) is 1. The quantitative estimate of drug-likeness (QED) is 0.435. The summed E-state index contributed by atoms with van der Waals surface area (Å²) in [4.78, 5) is 10.7. The molecule has 136 valence electrons. The largest absolute Gasteiger partial charge is 0.370 e. The van der Waals surface area contributed by atoms with E-state index in [1.807, 2.05) is 13.0 Å². The van der Waals surface area contributed by atoms with E-state index in [4.69, 9.17) is 5.73 Å². The molecule has 2 N–H and O–H groups in total. The first-order valence-corrected chi connectivity index (χ1v) is 8.49. The van der Waals surface area contributed by atoms with Crippen LogP contribution in [0.4, 0.5) is 4.39 Å². The smallest absolute Gasteiger partial charge is 0.191 e. The lowest BCUT2D eigenvalue weighted by Crippen LogP contribution is -2.38. The standard InChI is InChI=1S/C18H24FN5.HI/c1-14-21-8-11-24(14)17-7-6-15(12-16(17)19)13-22-18(20)23-9-4-2-3-5-10-23;/h6-8,11-12H,2-5,9-10,13H2,1H3,(H2,20,22);1H. The number of benzene rings is 1. The maximum absolute atomic E-state index is 14.4. The van der Waals surface area contributed by atoms with Gasteiger partial charge in [0.2, 0.25) is 0 Å². The molecular formula is C18H25FIN5. The maximum Gasteiger partial charge on any atom is 0.191 e. The second-order valence-electron chi connectivity index (χ2n) is 6.21. The van der Waals surface area contributed by atoms with Crippen molar-refractivity contribution < 1.29 is 4.39 Å². The highest BCUT2D eigenvalue weighted by Crippen LogP contribution is 2.17. The molecule has 1 aliphatic heterocycles. The molecule has 0 unspecified atom stereocenters. The Kier molecular flexibility index (Phi) is 7.22. The van der Waals surface area contributed by atoms with Gasteiger partial charge in [-0.25, -0.2) is 14.4 Å². The van der Waals surface area contributed by atoms with Crippen LogP contribution in [-0.4, -0.2) is 33.5 Å². The van der Waals surface area contributed by atoms with Gasteiger partial charge in [-0.15, -0.1) is 24.0 Å². The molecule has 0 atom stereocenters. The molecule has 1 aliphatic rings. The van der Waals surface area contributed by atoms with Gasteiger partial charge in [0.05, 0.1) is 12.2 Å². The van der Waals surface area contributed by atoms with E-state index in [0.29, 0.717) is 18.2 Å². The molecule has 5 nitrogen and oxygen atoms in total. The predicted octanol–water partition coefficient (Wildman–Crippen LogP) is 3.63. The number of likely N-dealkylation sites (tertiary alicyclic amines) is 1. The minimum Gasteiger partial charge on any atom is -0.370 e. The molecule has 0 amide bonds. The van der Waals surface area contributed by atoms with E-state index in [0.717, 1.165) is 37.3 Å². The molecule has 25 heavy (non-hydrogen) atoms. The van der Waals surface area contributed by atoms with Crippen molar-refractivity contribution in [3.05, 3.63) is 47.8 Å². The minimum atomic E-state index is -0.280. The zero-order chi connectivity index (χ0) is 16.9. The van der Waals surface area contributed by atoms with Gasteiger partial charge in [0.15, 0.2) is 5.96 Å². The summed E-state index contributed by atoms with van der Waals surface area (Å²) >= 11 is 0. The number of rotatable bonds is 3. The Morgan fingerprint density at radius 3 is 2.56 bits per heavy atom. The molecule has 0 radical (unpaired) electrons. The monoisotopic (exact) mass is 457 g/mol. The van der Waals surface area contributed by atoms with Crippen molar-refractivity contribution in [1.82, 2.24) is 14.5 Å². The summed E-state index contributed by atoms with van der Waals surface area (Å²) in [6, 6.07) is 5.17. The SMILES string of the molecule is Cc1nccn1-c1ccc(CN=C(N)N2CCCCCC2)cc1F.I. The van der Waals surface area contributed by atoms with Crippen molar-refractivity contribution in [2.75, 3.05) is 13.1 Å². The molecule has 1 fully saturated rings. The second kappa shape index (κ2) is 9.17. The van der Waals surface area contributed by atoms with Gasteiger partial charge in [0.25, 0.3) is 0 Å². The van der Waals surface area contributed by atoms with E-state index >= 15 is 0 Å². The van der Waals surface area contributed by atoms with Crippen molar-refractivity contribution in [2.45, 2.75) is 39.2 Å². The summed E-state index contributed by atoms with van der Waals surface area (Å²) in [5, 5.41) is 0. The maximum atomic E-state index is 14.4. The molecule has 1 saturated heterocycles. The number of guanidine groups is 1. The topological polar surface area (TPSA) is 59.4 Å². The van der Waals surface area contributed by atoms with Crippen molar-refractivity contribution in [2.24, 2.45) is 10.7 Å². The number of aryl methyl sites for hydroxylation is 1. The molecule has 0 saturated carbocycles. The van der Waals surface area contributed by atoms with E-state index in [-0.39, 0.29) is 29.8 Å². The Morgan fingerprint density at radius 1 is 1.24 bits per heavy atom. The lowest BCUT2D eigenvalue weighted by molar-refractivity contribution is 0.428. The van der Waals surface area contributed by atoms with Gasteiger partial charge in [-0.1, -0.05) is 18.9 Å². The van der Waals surface area contributed by atoms with Gasteiger partial charge < -0.3 is 15.2 Å². The van der Waals surface area contributed by atoms with Crippen LogP contribution in [-0.2, 0) is 6.54 Å². The normalized spacial score (nSPS) is 15.6. The minimum absolute atomic E-state index is 0. The third kappa shape index (κ3) is 4.93. The summed E-state index contributed by atoms with van der Waals surface area (Å²) in [7, 11) is 0. The van der Waals surface area contributed by atoms with Crippen molar-refractivity contribution in [3.63, 3.8) is 0 Å². The lowest BCUT2D eigenvalue weighted by Gasteiger charge is -2.21.